The van der Waals surface area contributed by atoms with Crippen molar-refractivity contribution >= 4 is 5.91 Å². The van der Waals surface area contributed by atoms with Crippen LogP contribution in [0.5, 0.6) is 0 Å². The lowest BCUT2D eigenvalue weighted by molar-refractivity contribution is -0.134. The number of aromatic nitrogens is 2. The van der Waals surface area contributed by atoms with Crippen molar-refractivity contribution in [2.45, 2.75) is 46.0 Å². The molecule has 1 aliphatic rings. The maximum absolute atomic E-state index is 12.6. The van der Waals surface area contributed by atoms with Crippen LogP contribution in [-0.2, 0) is 4.79 Å². The summed E-state index contributed by atoms with van der Waals surface area (Å²) in [7, 11) is 0. The highest BCUT2D eigenvalue weighted by Gasteiger charge is 2.28. The predicted molar refractivity (Wildman–Crippen MR) is 100 cm³/mol. The van der Waals surface area contributed by atoms with Gasteiger partial charge in [0.2, 0.25) is 5.91 Å². The number of amides is 1. The molecule has 0 aliphatic carbocycles. The Bertz CT molecular complexity index is 721. The monoisotopic (exact) mass is 337 g/mol. The average Bonchev–Trinajstić information content (AvgIpc) is 2.61. The number of hydrogen-bond donors (Lipinski definition) is 0. The van der Waals surface area contributed by atoms with Crippen LogP contribution in [0.3, 0.4) is 0 Å². The summed E-state index contributed by atoms with van der Waals surface area (Å²) in [5.41, 5.74) is 2.10. The van der Waals surface area contributed by atoms with Gasteiger partial charge in [0.1, 0.15) is 0 Å². The highest BCUT2D eigenvalue weighted by molar-refractivity contribution is 5.77. The first-order valence-electron chi connectivity index (χ1n) is 9.08. The molecule has 3 rings (SSSR count). The van der Waals surface area contributed by atoms with E-state index in [0.29, 0.717) is 12.3 Å². The Labute approximate surface area is 150 Å². The molecular weight excluding hydrogens is 310 g/mol. The quantitative estimate of drug-likeness (QED) is 0.839. The van der Waals surface area contributed by atoms with E-state index in [1.54, 1.807) is 0 Å². The molecule has 0 unspecified atom stereocenters. The summed E-state index contributed by atoms with van der Waals surface area (Å²) in [6, 6.07) is 12.0. The summed E-state index contributed by atoms with van der Waals surface area (Å²) in [5, 5.41) is 0. The summed E-state index contributed by atoms with van der Waals surface area (Å²) in [6.07, 6.45) is 4.54. The molecule has 2 aromatic rings. The fraction of sp³-hybridized carbons (Fsp3) is 0.476. The molecule has 1 aromatic heterocycles. The molecule has 0 N–H and O–H groups in total. The summed E-state index contributed by atoms with van der Waals surface area (Å²) in [6.45, 7) is 7.97. The third-order valence-electron chi connectivity index (χ3n) is 4.58. The van der Waals surface area contributed by atoms with Gasteiger partial charge in [-0.3, -0.25) is 4.79 Å². The van der Waals surface area contributed by atoms with Crippen LogP contribution in [-0.4, -0.2) is 33.9 Å². The van der Waals surface area contributed by atoms with Crippen LogP contribution in [0.1, 0.15) is 51.6 Å². The van der Waals surface area contributed by atoms with Crippen molar-refractivity contribution in [3.05, 3.63) is 48.3 Å². The zero-order valence-corrected chi connectivity index (χ0v) is 15.4. The lowest BCUT2D eigenvalue weighted by Gasteiger charge is -2.34. The van der Waals surface area contributed by atoms with Gasteiger partial charge in [-0.15, -0.1) is 0 Å². The van der Waals surface area contributed by atoms with Crippen molar-refractivity contribution in [3.63, 3.8) is 0 Å². The van der Waals surface area contributed by atoms with E-state index in [9.17, 15) is 4.79 Å². The van der Waals surface area contributed by atoms with Crippen LogP contribution in [0.4, 0.5) is 0 Å². The van der Waals surface area contributed by atoms with Crippen molar-refractivity contribution in [3.8, 4) is 11.4 Å². The number of carbonyl (C=O) groups excluding carboxylic acids is 1. The minimum Gasteiger partial charge on any atom is -0.342 e. The van der Waals surface area contributed by atoms with Crippen LogP contribution in [0.2, 0.25) is 0 Å². The van der Waals surface area contributed by atoms with E-state index in [0.717, 1.165) is 43.0 Å². The first-order chi connectivity index (χ1) is 11.9. The van der Waals surface area contributed by atoms with Crippen molar-refractivity contribution in [2.75, 3.05) is 13.1 Å². The van der Waals surface area contributed by atoms with Crippen LogP contribution in [0.15, 0.2) is 42.6 Å². The lowest BCUT2D eigenvalue weighted by atomic mass is 9.89. The topological polar surface area (TPSA) is 46.1 Å². The Kier molecular flexibility index (Phi) is 5.16. The van der Waals surface area contributed by atoms with Crippen LogP contribution in [0, 0.1) is 5.41 Å². The second kappa shape index (κ2) is 7.34. The minimum atomic E-state index is 0.0272. The third-order valence-corrected chi connectivity index (χ3v) is 4.58. The molecule has 0 radical (unpaired) electrons. The van der Waals surface area contributed by atoms with Crippen molar-refractivity contribution in [1.82, 2.24) is 14.9 Å². The molecule has 1 amide bonds. The van der Waals surface area contributed by atoms with E-state index in [-0.39, 0.29) is 11.3 Å². The van der Waals surface area contributed by atoms with Gasteiger partial charge in [-0.25, -0.2) is 9.97 Å². The van der Waals surface area contributed by atoms with Gasteiger partial charge in [0, 0.05) is 42.9 Å². The number of benzene rings is 1. The molecule has 0 spiro atoms. The fourth-order valence-corrected chi connectivity index (χ4v) is 3.34. The molecule has 1 atom stereocenters. The van der Waals surface area contributed by atoms with Gasteiger partial charge in [-0.05, 0) is 24.3 Å². The smallest absolute Gasteiger partial charge is 0.223 e. The van der Waals surface area contributed by atoms with Crippen LogP contribution >= 0.6 is 0 Å². The first-order valence-corrected chi connectivity index (χ1v) is 9.08. The maximum Gasteiger partial charge on any atom is 0.223 e. The normalized spacial score (nSPS) is 18.2. The van der Waals surface area contributed by atoms with E-state index in [4.69, 9.17) is 4.98 Å². The second-order valence-electron chi connectivity index (χ2n) is 8.09. The summed E-state index contributed by atoms with van der Waals surface area (Å²) < 4.78 is 0. The predicted octanol–water partition coefficient (Wildman–Crippen LogP) is 4.29. The number of nitrogens with zero attached hydrogens (tertiary/aromatic N) is 3. The van der Waals surface area contributed by atoms with E-state index in [2.05, 4.69) is 25.8 Å². The van der Waals surface area contributed by atoms with E-state index >= 15 is 0 Å². The van der Waals surface area contributed by atoms with Crippen molar-refractivity contribution < 1.29 is 4.79 Å². The molecule has 1 aliphatic heterocycles. The molecule has 2 heterocycles. The number of piperidine rings is 1. The number of carbonyl (C=O) groups is 1. The molecule has 4 heteroatoms. The van der Waals surface area contributed by atoms with Crippen molar-refractivity contribution in [2.24, 2.45) is 5.41 Å². The average molecular weight is 337 g/mol. The van der Waals surface area contributed by atoms with Gasteiger partial charge < -0.3 is 4.90 Å². The van der Waals surface area contributed by atoms with E-state index in [1.165, 1.54) is 0 Å². The van der Waals surface area contributed by atoms with Crippen LogP contribution < -0.4 is 0 Å². The van der Waals surface area contributed by atoms with Gasteiger partial charge in [0.15, 0.2) is 5.82 Å². The SMILES string of the molecule is CC(C)(C)CC(=O)N1CCC[C@H](c2ccnc(-c3ccccc3)n2)C1. The number of rotatable bonds is 3. The van der Waals surface area contributed by atoms with E-state index in [1.807, 2.05) is 47.5 Å². The highest BCUT2D eigenvalue weighted by atomic mass is 16.2. The minimum absolute atomic E-state index is 0.0272. The molecule has 1 saturated heterocycles. The fourth-order valence-electron chi connectivity index (χ4n) is 3.34. The van der Waals surface area contributed by atoms with Gasteiger partial charge in [-0.2, -0.15) is 0 Å². The molecule has 1 fully saturated rings. The third kappa shape index (κ3) is 4.65. The maximum atomic E-state index is 12.6. The van der Waals surface area contributed by atoms with Gasteiger partial charge in [0.05, 0.1) is 0 Å². The Balaban J connectivity index is 1.75. The summed E-state index contributed by atoms with van der Waals surface area (Å²) >= 11 is 0. The van der Waals surface area contributed by atoms with Gasteiger partial charge >= 0.3 is 0 Å². The number of hydrogen-bond acceptors (Lipinski definition) is 3. The Morgan fingerprint density at radius 2 is 1.96 bits per heavy atom. The molecule has 0 saturated carbocycles. The Morgan fingerprint density at radius 3 is 2.68 bits per heavy atom. The molecule has 4 nitrogen and oxygen atoms in total. The zero-order chi connectivity index (χ0) is 17.9. The number of likely N-dealkylation sites (tertiary alicyclic amines) is 1. The standard InChI is InChI=1S/C21H27N3O/c1-21(2,3)14-19(25)24-13-7-10-17(15-24)18-11-12-22-20(23-18)16-8-5-4-6-9-16/h4-6,8-9,11-12,17H,7,10,13-15H2,1-3H3/t17-/m0/s1. The second-order valence-corrected chi connectivity index (χ2v) is 8.09. The lowest BCUT2D eigenvalue weighted by Crippen LogP contribution is -2.40. The van der Waals surface area contributed by atoms with E-state index < -0.39 is 0 Å². The highest BCUT2D eigenvalue weighted by Crippen LogP contribution is 2.29. The van der Waals surface area contributed by atoms with Crippen molar-refractivity contribution in [1.29, 1.82) is 0 Å². The zero-order valence-electron chi connectivity index (χ0n) is 15.4. The summed E-state index contributed by atoms with van der Waals surface area (Å²) in [5.74, 6) is 1.31. The van der Waals surface area contributed by atoms with Gasteiger partial charge in [-0.1, -0.05) is 51.1 Å². The molecular formula is C21H27N3O. The summed E-state index contributed by atoms with van der Waals surface area (Å²) in [4.78, 5) is 23.8. The molecule has 132 valence electrons. The molecule has 1 aromatic carbocycles. The Hall–Kier alpha value is -2.23. The van der Waals surface area contributed by atoms with Crippen LogP contribution in [0.25, 0.3) is 11.4 Å². The Morgan fingerprint density at radius 1 is 1.20 bits per heavy atom. The molecule has 25 heavy (non-hydrogen) atoms. The largest absolute Gasteiger partial charge is 0.342 e. The molecule has 0 bridgehead atoms. The first kappa shape index (κ1) is 17.6. The van der Waals surface area contributed by atoms with Gasteiger partial charge in [0.25, 0.3) is 0 Å².